The molecule has 0 aromatic carbocycles. The van der Waals surface area contributed by atoms with Crippen molar-refractivity contribution in [2.24, 2.45) is 0 Å². The van der Waals surface area contributed by atoms with Gasteiger partial charge in [0.1, 0.15) is 0 Å². The molecule has 1 atom stereocenters. The van der Waals surface area contributed by atoms with E-state index in [-0.39, 0.29) is 5.38 Å². The van der Waals surface area contributed by atoms with E-state index in [0.717, 1.165) is 43.4 Å². The molecule has 1 saturated heterocycles. The molecule has 5 heteroatoms. The molecule has 2 heterocycles. The Morgan fingerprint density at radius 1 is 1.29 bits per heavy atom. The van der Waals surface area contributed by atoms with Crippen LogP contribution >= 0.6 is 11.6 Å². The number of rotatable bonds is 2. The van der Waals surface area contributed by atoms with Gasteiger partial charge in [-0.1, -0.05) is 0 Å². The van der Waals surface area contributed by atoms with Gasteiger partial charge in [-0.25, -0.2) is 9.97 Å². The number of hydrogen-bond donors (Lipinski definition) is 0. The van der Waals surface area contributed by atoms with Crippen LogP contribution < -0.4 is 4.90 Å². The van der Waals surface area contributed by atoms with Gasteiger partial charge in [0.15, 0.2) is 0 Å². The lowest BCUT2D eigenvalue weighted by Gasteiger charge is -2.32. The Hall–Kier alpha value is -0.870. The van der Waals surface area contributed by atoms with E-state index < -0.39 is 0 Å². The number of nitrogens with zero attached hydrogens (tertiary/aromatic N) is 4. The second kappa shape index (κ2) is 5.19. The van der Waals surface area contributed by atoms with Crippen LogP contribution in [0.2, 0.25) is 0 Å². The van der Waals surface area contributed by atoms with Crippen LogP contribution in [-0.4, -0.2) is 48.1 Å². The molecule has 1 unspecified atom stereocenters. The zero-order valence-corrected chi connectivity index (χ0v) is 11.4. The van der Waals surface area contributed by atoms with Gasteiger partial charge < -0.3 is 9.80 Å². The smallest absolute Gasteiger partial charge is 0.225 e. The first-order valence-electron chi connectivity index (χ1n) is 5.99. The minimum atomic E-state index is -0.0310. The lowest BCUT2D eigenvalue weighted by molar-refractivity contribution is 0.311. The molecule has 1 fully saturated rings. The second-order valence-electron chi connectivity index (χ2n) is 4.62. The fourth-order valence-corrected chi connectivity index (χ4v) is 2.23. The standard InChI is InChI=1S/C12H19ClN4/c1-9(13)11-8-14-12(15-10(11)2)17-6-4-16(3)5-7-17/h8-9H,4-7H2,1-3H3. The molecule has 4 nitrogen and oxygen atoms in total. The first-order valence-corrected chi connectivity index (χ1v) is 6.42. The van der Waals surface area contributed by atoms with Crippen molar-refractivity contribution in [3.63, 3.8) is 0 Å². The molecule has 1 aromatic heterocycles. The summed E-state index contributed by atoms with van der Waals surface area (Å²) in [5.74, 6) is 0.830. The number of alkyl halides is 1. The van der Waals surface area contributed by atoms with E-state index >= 15 is 0 Å². The average molecular weight is 255 g/mol. The summed E-state index contributed by atoms with van der Waals surface area (Å²) in [5, 5.41) is -0.0310. The first-order chi connectivity index (χ1) is 8.08. The third-order valence-electron chi connectivity index (χ3n) is 3.22. The van der Waals surface area contributed by atoms with Gasteiger partial charge in [0, 0.05) is 43.6 Å². The predicted octanol–water partition coefficient (Wildman–Crippen LogP) is 1.84. The normalized spacial score (nSPS) is 19.4. The van der Waals surface area contributed by atoms with Crippen LogP contribution in [0, 0.1) is 6.92 Å². The number of aromatic nitrogens is 2. The van der Waals surface area contributed by atoms with Crippen molar-refractivity contribution in [3.8, 4) is 0 Å². The van der Waals surface area contributed by atoms with Crippen molar-refractivity contribution in [3.05, 3.63) is 17.5 Å². The monoisotopic (exact) mass is 254 g/mol. The highest BCUT2D eigenvalue weighted by Crippen LogP contribution is 2.22. The van der Waals surface area contributed by atoms with E-state index in [4.69, 9.17) is 11.6 Å². The van der Waals surface area contributed by atoms with Gasteiger partial charge in [-0.15, -0.1) is 11.6 Å². The van der Waals surface area contributed by atoms with E-state index in [9.17, 15) is 0 Å². The van der Waals surface area contributed by atoms with Gasteiger partial charge in [-0.2, -0.15) is 0 Å². The summed E-state index contributed by atoms with van der Waals surface area (Å²) in [6.07, 6.45) is 1.85. The fourth-order valence-electron chi connectivity index (χ4n) is 2.01. The number of likely N-dealkylation sites (N-methyl/N-ethyl adjacent to an activating group) is 1. The van der Waals surface area contributed by atoms with Gasteiger partial charge in [0.05, 0.1) is 5.38 Å². The maximum atomic E-state index is 6.07. The number of anilines is 1. The highest BCUT2D eigenvalue weighted by atomic mass is 35.5. The summed E-state index contributed by atoms with van der Waals surface area (Å²) in [4.78, 5) is 13.5. The molecule has 0 radical (unpaired) electrons. The van der Waals surface area contributed by atoms with E-state index in [1.165, 1.54) is 0 Å². The molecule has 0 aliphatic carbocycles. The fraction of sp³-hybridized carbons (Fsp3) is 0.667. The summed E-state index contributed by atoms with van der Waals surface area (Å²) in [7, 11) is 2.14. The van der Waals surface area contributed by atoms with Gasteiger partial charge in [0.2, 0.25) is 5.95 Å². The van der Waals surface area contributed by atoms with Crippen molar-refractivity contribution < 1.29 is 0 Å². The number of hydrogen-bond acceptors (Lipinski definition) is 4. The lowest BCUT2D eigenvalue weighted by Crippen LogP contribution is -2.45. The molecule has 0 bridgehead atoms. The molecule has 0 amide bonds. The first kappa shape index (κ1) is 12.6. The van der Waals surface area contributed by atoms with Crippen LogP contribution in [0.5, 0.6) is 0 Å². The van der Waals surface area contributed by atoms with Crippen molar-refractivity contribution >= 4 is 17.5 Å². The molecular weight excluding hydrogens is 236 g/mol. The maximum absolute atomic E-state index is 6.07. The van der Waals surface area contributed by atoms with Gasteiger partial charge in [-0.05, 0) is 20.9 Å². The molecule has 0 N–H and O–H groups in total. The van der Waals surface area contributed by atoms with Crippen LogP contribution in [0.4, 0.5) is 5.95 Å². The number of piperazine rings is 1. The van der Waals surface area contributed by atoms with E-state index in [0.29, 0.717) is 0 Å². The van der Waals surface area contributed by atoms with Crippen molar-refractivity contribution in [2.45, 2.75) is 19.2 Å². The van der Waals surface area contributed by atoms with Crippen LogP contribution in [-0.2, 0) is 0 Å². The molecule has 94 valence electrons. The van der Waals surface area contributed by atoms with Gasteiger partial charge in [-0.3, -0.25) is 0 Å². The Morgan fingerprint density at radius 2 is 1.94 bits per heavy atom. The topological polar surface area (TPSA) is 32.3 Å². The Balaban J connectivity index is 2.14. The minimum Gasteiger partial charge on any atom is -0.338 e. The molecule has 1 aliphatic heterocycles. The highest BCUT2D eigenvalue weighted by Gasteiger charge is 2.17. The largest absolute Gasteiger partial charge is 0.338 e. The summed E-state index contributed by atoms with van der Waals surface area (Å²) in [6.45, 7) is 8.06. The zero-order valence-electron chi connectivity index (χ0n) is 10.6. The highest BCUT2D eigenvalue weighted by molar-refractivity contribution is 6.20. The quantitative estimate of drug-likeness (QED) is 0.754. The molecule has 1 aliphatic rings. The Morgan fingerprint density at radius 3 is 2.47 bits per heavy atom. The van der Waals surface area contributed by atoms with Crippen LogP contribution in [0.25, 0.3) is 0 Å². The molecule has 1 aromatic rings. The van der Waals surface area contributed by atoms with Gasteiger partial charge >= 0.3 is 0 Å². The Bertz CT molecular complexity index is 386. The van der Waals surface area contributed by atoms with Crippen molar-refractivity contribution in [2.75, 3.05) is 38.1 Å². The second-order valence-corrected chi connectivity index (χ2v) is 5.27. The number of aryl methyl sites for hydroxylation is 1. The van der Waals surface area contributed by atoms with E-state index in [2.05, 4.69) is 26.8 Å². The predicted molar refractivity (Wildman–Crippen MR) is 70.7 cm³/mol. The number of halogens is 1. The van der Waals surface area contributed by atoms with Crippen LogP contribution in [0.3, 0.4) is 0 Å². The summed E-state index contributed by atoms with van der Waals surface area (Å²) >= 11 is 6.07. The third kappa shape index (κ3) is 2.87. The van der Waals surface area contributed by atoms with Crippen molar-refractivity contribution in [1.82, 2.24) is 14.9 Å². The molecule has 0 saturated carbocycles. The average Bonchev–Trinajstić information content (AvgIpc) is 2.29. The minimum absolute atomic E-state index is 0.0310. The molecule has 2 rings (SSSR count). The zero-order chi connectivity index (χ0) is 12.4. The molecular formula is C12H19ClN4. The van der Waals surface area contributed by atoms with E-state index in [1.807, 2.05) is 20.0 Å². The van der Waals surface area contributed by atoms with Crippen LogP contribution in [0.1, 0.15) is 23.6 Å². The maximum Gasteiger partial charge on any atom is 0.225 e. The Kier molecular flexibility index (Phi) is 3.84. The van der Waals surface area contributed by atoms with Crippen molar-refractivity contribution in [1.29, 1.82) is 0 Å². The Labute approximate surface area is 108 Å². The lowest BCUT2D eigenvalue weighted by atomic mass is 10.2. The summed E-state index contributed by atoms with van der Waals surface area (Å²) in [5.41, 5.74) is 2.00. The molecule has 0 spiro atoms. The summed E-state index contributed by atoms with van der Waals surface area (Å²) in [6, 6.07) is 0. The van der Waals surface area contributed by atoms with E-state index in [1.54, 1.807) is 0 Å². The van der Waals surface area contributed by atoms with Gasteiger partial charge in [0.25, 0.3) is 0 Å². The third-order valence-corrected chi connectivity index (χ3v) is 3.45. The SMILES string of the molecule is Cc1nc(N2CCN(C)CC2)ncc1C(C)Cl. The summed E-state index contributed by atoms with van der Waals surface area (Å²) < 4.78 is 0. The molecule has 17 heavy (non-hydrogen) atoms. The van der Waals surface area contributed by atoms with Crippen LogP contribution in [0.15, 0.2) is 6.20 Å².